The molecule has 0 bridgehead atoms. The van der Waals surface area contributed by atoms with Crippen LogP contribution in [0.1, 0.15) is 60.0 Å². The van der Waals surface area contributed by atoms with E-state index in [1.165, 1.54) is 20.0 Å². The fourth-order valence-corrected chi connectivity index (χ4v) is 4.74. The Morgan fingerprint density at radius 1 is 0.846 bits per heavy atom. The van der Waals surface area contributed by atoms with E-state index in [2.05, 4.69) is 30.3 Å². The van der Waals surface area contributed by atoms with Crippen molar-refractivity contribution in [2.24, 2.45) is 5.10 Å². The van der Waals surface area contributed by atoms with Crippen molar-refractivity contribution in [3.05, 3.63) is 59.2 Å². The van der Waals surface area contributed by atoms with Crippen LogP contribution in [-0.2, 0) is 0 Å². The summed E-state index contributed by atoms with van der Waals surface area (Å²) in [6.45, 7) is 5.77. The first kappa shape index (κ1) is 26.4. The van der Waals surface area contributed by atoms with Gasteiger partial charge in [-0.3, -0.25) is 0 Å². The number of nitrogens with zero attached hydrogens (tertiary/aromatic N) is 6. The lowest BCUT2D eigenvalue weighted by Crippen LogP contribution is -2.34. The van der Waals surface area contributed by atoms with Gasteiger partial charge in [0.15, 0.2) is 11.5 Å². The van der Waals surface area contributed by atoms with Gasteiger partial charge in [-0.1, -0.05) is 17.7 Å². The maximum atomic E-state index is 12.6. The average Bonchev–Trinajstić information content (AvgIpc) is 2.99. The van der Waals surface area contributed by atoms with Crippen LogP contribution in [-0.4, -0.2) is 60.4 Å². The Labute approximate surface area is 229 Å². The second-order valence-corrected chi connectivity index (χ2v) is 9.89. The van der Waals surface area contributed by atoms with E-state index in [1.807, 2.05) is 19.1 Å². The summed E-state index contributed by atoms with van der Waals surface area (Å²) in [6.07, 6.45) is 8.70. The Balaban J connectivity index is 1.30. The molecule has 1 aromatic heterocycles. The van der Waals surface area contributed by atoms with Crippen LogP contribution in [0, 0.1) is 6.92 Å². The number of ether oxygens (including phenoxy) is 2. The van der Waals surface area contributed by atoms with Gasteiger partial charge in [-0.15, -0.1) is 0 Å². The minimum absolute atomic E-state index is 0.336. The molecule has 0 atom stereocenters. The lowest BCUT2D eigenvalue weighted by molar-refractivity contribution is 0.0729. The van der Waals surface area contributed by atoms with Crippen LogP contribution < -0.4 is 24.7 Å². The monoisotopic (exact) mass is 529 g/mol. The Morgan fingerprint density at radius 2 is 1.46 bits per heavy atom. The van der Waals surface area contributed by atoms with Crippen molar-refractivity contribution < 1.29 is 14.3 Å². The summed E-state index contributed by atoms with van der Waals surface area (Å²) < 4.78 is 11.0. The molecule has 0 spiro atoms. The number of hydrogen-bond donors (Lipinski definition) is 1. The van der Waals surface area contributed by atoms with E-state index in [0.29, 0.717) is 34.9 Å². The fourth-order valence-electron chi connectivity index (χ4n) is 4.74. The Bertz CT molecular complexity index is 1260. The fraction of sp³-hybridized carbons (Fsp3) is 0.414. The van der Waals surface area contributed by atoms with E-state index in [-0.39, 0.29) is 0 Å². The predicted octanol–water partition coefficient (Wildman–Crippen LogP) is 4.83. The first-order valence-electron chi connectivity index (χ1n) is 13.6. The number of piperidine rings is 2. The molecular weight excluding hydrogens is 494 g/mol. The molecule has 2 aromatic carbocycles. The van der Waals surface area contributed by atoms with Crippen molar-refractivity contribution in [2.75, 3.05) is 48.5 Å². The first-order valence-corrected chi connectivity index (χ1v) is 13.6. The minimum Gasteiger partial charge on any atom is -0.493 e. The van der Waals surface area contributed by atoms with Crippen LogP contribution in [0.25, 0.3) is 0 Å². The van der Waals surface area contributed by atoms with E-state index in [1.54, 1.807) is 36.5 Å². The predicted molar refractivity (Wildman–Crippen MR) is 152 cm³/mol. The molecule has 2 aliphatic heterocycles. The molecule has 2 fully saturated rings. The quantitative estimate of drug-likeness (QED) is 0.190. The number of hydrogen-bond acceptors (Lipinski definition) is 10. The smallest absolute Gasteiger partial charge is 0.343 e. The maximum Gasteiger partial charge on any atom is 0.343 e. The van der Waals surface area contributed by atoms with Crippen molar-refractivity contribution in [1.82, 2.24) is 15.0 Å². The molecule has 0 unspecified atom stereocenters. The second kappa shape index (κ2) is 12.6. The van der Waals surface area contributed by atoms with Crippen LogP contribution in [0.3, 0.4) is 0 Å². The summed E-state index contributed by atoms with van der Waals surface area (Å²) >= 11 is 0. The molecule has 0 saturated carbocycles. The number of rotatable bonds is 8. The SMILES string of the molecule is COc1cc(/C=N/Nc2nc(N3CCCCC3)nc(N3CCCCC3)n2)ccc1OC(=O)c1ccc(C)cc1. The van der Waals surface area contributed by atoms with Gasteiger partial charge < -0.3 is 19.3 Å². The van der Waals surface area contributed by atoms with Gasteiger partial charge in [0.25, 0.3) is 0 Å². The highest BCUT2D eigenvalue weighted by atomic mass is 16.6. The summed E-state index contributed by atoms with van der Waals surface area (Å²) in [5, 5.41) is 4.38. The van der Waals surface area contributed by atoms with Crippen LogP contribution in [0.15, 0.2) is 47.6 Å². The molecule has 39 heavy (non-hydrogen) atoms. The van der Waals surface area contributed by atoms with E-state index in [9.17, 15) is 4.79 Å². The number of aromatic nitrogens is 3. The summed E-state index contributed by atoms with van der Waals surface area (Å²) in [5.74, 6) is 2.13. The zero-order valence-electron chi connectivity index (χ0n) is 22.6. The highest BCUT2D eigenvalue weighted by Crippen LogP contribution is 2.29. The summed E-state index contributed by atoms with van der Waals surface area (Å²) in [5.41, 5.74) is 5.30. The van der Waals surface area contributed by atoms with Crippen molar-refractivity contribution >= 4 is 30.0 Å². The summed E-state index contributed by atoms with van der Waals surface area (Å²) in [4.78, 5) is 31.2. The second-order valence-electron chi connectivity index (χ2n) is 9.89. The number of methoxy groups -OCH3 is 1. The van der Waals surface area contributed by atoms with Crippen LogP contribution in [0.4, 0.5) is 17.8 Å². The van der Waals surface area contributed by atoms with Crippen LogP contribution >= 0.6 is 0 Å². The van der Waals surface area contributed by atoms with Crippen molar-refractivity contribution in [3.8, 4) is 11.5 Å². The molecule has 2 aliphatic rings. The number of anilines is 3. The number of benzene rings is 2. The van der Waals surface area contributed by atoms with E-state index in [0.717, 1.165) is 63.0 Å². The van der Waals surface area contributed by atoms with Gasteiger partial charge in [-0.2, -0.15) is 20.1 Å². The van der Waals surface area contributed by atoms with Gasteiger partial charge in [0.05, 0.1) is 18.9 Å². The third kappa shape index (κ3) is 6.81. The first-order chi connectivity index (χ1) is 19.1. The number of aryl methyl sites for hydroxylation is 1. The molecular formula is C29H35N7O3. The third-order valence-electron chi connectivity index (χ3n) is 6.95. The Hall–Kier alpha value is -4.21. The normalized spacial score (nSPS) is 15.8. The number of carbonyl (C=O) groups is 1. The lowest BCUT2D eigenvalue weighted by atomic mass is 10.1. The zero-order valence-corrected chi connectivity index (χ0v) is 22.6. The molecule has 10 nitrogen and oxygen atoms in total. The minimum atomic E-state index is -0.444. The van der Waals surface area contributed by atoms with Gasteiger partial charge in [0.1, 0.15) is 0 Å². The van der Waals surface area contributed by atoms with Gasteiger partial charge in [-0.05, 0) is 81.3 Å². The number of hydrazone groups is 1. The van der Waals surface area contributed by atoms with Gasteiger partial charge in [0.2, 0.25) is 17.8 Å². The maximum absolute atomic E-state index is 12.6. The molecule has 1 N–H and O–H groups in total. The van der Waals surface area contributed by atoms with Gasteiger partial charge in [0, 0.05) is 26.2 Å². The number of carbonyl (C=O) groups excluding carboxylic acids is 1. The van der Waals surface area contributed by atoms with E-state index < -0.39 is 5.97 Å². The highest BCUT2D eigenvalue weighted by Gasteiger charge is 2.20. The Kier molecular flexibility index (Phi) is 8.50. The molecule has 0 radical (unpaired) electrons. The summed E-state index contributed by atoms with van der Waals surface area (Å²) in [7, 11) is 1.53. The zero-order chi connectivity index (χ0) is 27.0. The average molecular weight is 530 g/mol. The van der Waals surface area contributed by atoms with E-state index >= 15 is 0 Å². The Morgan fingerprint density at radius 3 is 2.05 bits per heavy atom. The standard InChI is InChI=1S/C29H35N7O3/c1-21-9-12-23(13-10-21)26(37)39-24-14-11-22(19-25(24)38-2)20-30-34-27-31-28(35-15-5-3-6-16-35)33-29(32-27)36-17-7-4-8-18-36/h9-14,19-20H,3-8,15-18H2,1-2H3,(H,31,32,33,34)/b30-20+. The molecule has 3 heterocycles. The van der Waals surface area contributed by atoms with E-state index in [4.69, 9.17) is 14.5 Å². The third-order valence-corrected chi connectivity index (χ3v) is 6.95. The summed E-state index contributed by atoms with van der Waals surface area (Å²) in [6, 6.07) is 12.5. The van der Waals surface area contributed by atoms with Crippen molar-refractivity contribution in [1.29, 1.82) is 0 Å². The number of esters is 1. The highest BCUT2D eigenvalue weighted by molar-refractivity contribution is 5.91. The van der Waals surface area contributed by atoms with Gasteiger partial charge in [-0.25, -0.2) is 10.2 Å². The van der Waals surface area contributed by atoms with Crippen LogP contribution in [0.2, 0.25) is 0 Å². The number of nitrogens with one attached hydrogen (secondary N) is 1. The van der Waals surface area contributed by atoms with Gasteiger partial charge >= 0.3 is 5.97 Å². The molecule has 3 aromatic rings. The van der Waals surface area contributed by atoms with Crippen LogP contribution in [0.5, 0.6) is 11.5 Å². The van der Waals surface area contributed by atoms with Crippen molar-refractivity contribution in [2.45, 2.75) is 45.4 Å². The lowest BCUT2D eigenvalue weighted by Gasteiger charge is -2.30. The molecule has 10 heteroatoms. The molecule has 0 aliphatic carbocycles. The topological polar surface area (TPSA) is 105 Å². The largest absolute Gasteiger partial charge is 0.493 e. The van der Waals surface area contributed by atoms with Crippen molar-refractivity contribution in [3.63, 3.8) is 0 Å². The molecule has 5 rings (SSSR count). The molecule has 0 amide bonds. The molecule has 2 saturated heterocycles. The molecule has 204 valence electrons.